The van der Waals surface area contributed by atoms with Gasteiger partial charge in [0.25, 0.3) is 6.43 Å². The van der Waals surface area contributed by atoms with Crippen molar-refractivity contribution < 1.29 is 13.9 Å². The molecule has 15 heavy (non-hydrogen) atoms. The first kappa shape index (κ1) is 12.1. The first-order valence-corrected chi connectivity index (χ1v) is 4.86. The van der Waals surface area contributed by atoms with E-state index in [4.69, 9.17) is 0 Å². The second-order valence-electron chi connectivity index (χ2n) is 3.46. The van der Waals surface area contributed by atoms with Crippen molar-refractivity contribution in [2.24, 2.45) is 0 Å². The number of hydrogen-bond donors (Lipinski definition) is 2. The minimum absolute atomic E-state index is 0.134. The van der Waals surface area contributed by atoms with E-state index in [9.17, 15) is 13.9 Å². The van der Waals surface area contributed by atoms with Gasteiger partial charge in [-0.25, -0.2) is 8.78 Å². The quantitative estimate of drug-likeness (QED) is 0.787. The first-order chi connectivity index (χ1) is 7.11. The molecule has 0 amide bonds. The SMILES string of the molecule is CC(NCC(O)c1ccccc1)C(F)F. The number of halogens is 2. The molecule has 0 saturated carbocycles. The van der Waals surface area contributed by atoms with Crippen molar-refractivity contribution in [3.63, 3.8) is 0 Å². The predicted molar refractivity (Wildman–Crippen MR) is 54.9 cm³/mol. The molecular weight excluding hydrogens is 200 g/mol. The van der Waals surface area contributed by atoms with Crippen molar-refractivity contribution in [2.75, 3.05) is 6.54 Å². The molecule has 0 aliphatic carbocycles. The van der Waals surface area contributed by atoms with Gasteiger partial charge in [0.05, 0.1) is 12.1 Å². The van der Waals surface area contributed by atoms with Gasteiger partial charge in [0.1, 0.15) is 0 Å². The maximum absolute atomic E-state index is 12.1. The van der Waals surface area contributed by atoms with Crippen LogP contribution in [-0.4, -0.2) is 24.1 Å². The minimum Gasteiger partial charge on any atom is -0.387 e. The van der Waals surface area contributed by atoms with Gasteiger partial charge >= 0.3 is 0 Å². The van der Waals surface area contributed by atoms with Crippen molar-refractivity contribution in [3.8, 4) is 0 Å². The molecule has 2 N–H and O–H groups in total. The lowest BCUT2D eigenvalue weighted by atomic mass is 10.1. The van der Waals surface area contributed by atoms with Crippen LogP contribution in [0.5, 0.6) is 0 Å². The van der Waals surface area contributed by atoms with Crippen LogP contribution in [0.25, 0.3) is 0 Å². The maximum Gasteiger partial charge on any atom is 0.253 e. The Kier molecular flexibility index (Phi) is 4.65. The summed E-state index contributed by atoms with van der Waals surface area (Å²) >= 11 is 0. The average Bonchev–Trinajstić information content (AvgIpc) is 2.26. The Hall–Kier alpha value is -1.00. The summed E-state index contributed by atoms with van der Waals surface area (Å²) in [6.07, 6.45) is -3.15. The Morgan fingerprint density at radius 2 is 1.87 bits per heavy atom. The molecule has 4 heteroatoms. The van der Waals surface area contributed by atoms with Crippen LogP contribution in [0.15, 0.2) is 30.3 Å². The number of aliphatic hydroxyl groups is 1. The third-order valence-electron chi connectivity index (χ3n) is 2.20. The average molecular weight is 215 g/mol. The summed E-state index contributed by atoms with van der Waals surface area (Å²) in [5, 5.41) is 12.2. The van der Waals surface area contributed by atoms with Gasteiger partial charge in [-0.1, -0.05) is 30.3 Å². The summed E-state index contributed by atoms with van der Waals surface area (Å²) in [4.78, 5) is 0. The molecule has 1 rings (SSSR count). The molecule has 1 aromatic rings. The summed E-state index contributed by atoms with van der Waals surface area (Å²) < 4.78 is 24.3. The number of alkyl halides is 2. The van der Waals surface area contributed by atoms with Gasteiger partial charge < -0.3 is 10.4 Å². The van der Waals surface area contributed by atoms with Crippen LogP contribution in [0, 0.1) is 0 Å². The number of hydrogen-bond acceptors (Lipinski definition) is 2. The summed E-state index contributed by atoms with van der Waals surface area (Å²) in [6, 6.07) is 8.07. The monoisotopic (exact) mass is 215 g/mol. The largest absolute Gasteiger partial charge is 0.387 e. The molecule has 0 fully saturated rings. The molecule has 0 aliphatic rings. The van der Waals surface area contributed by atoms with E-state index in [1.54, 1.807) is 24.3 Å². The summed E-state index contributed by atoms with van der Waals surface area (Å²) in [7, 11) is 0. The van der Waals surface area contributed by atoms with Crippen LogP contribution in [-0.2, 0) is 0 Å². The Labute approximate surface area is 87.9 Å². The second-order valence-corrected chi connectivity index (χ2v) is 3.46. The number of rotatable bonds is 5. The van der Waals surface area contributed by atoms with Gasteiger partial charge in [0, 0.05) is 6.54 Å². The molecule has 0 heterocycles. The van der Waals surface area contributed by atoms with Crippen molar-refractivity contribution in [1.29, 1.82) is 0 Å². The fraction of sp³-hybridized carbons (Fsp3) is 0.455. The van der Waals surface area contributed by atoms with Crippen LogP contribution in [0.4, 0.5) is 8.78 Å². The van der Waals surface area contributed by atoms with Crippen LogP contribution >= 0.6 is 0 Å². The Morgan fingerprint density at radius 3 is 2.40 bits per heavy atom. The van der Waals surface area contributed by atoms with Crippen molar-refractivity contribution in [2.45, 2.75) is 25.5 Å². The summed E-state index contributed by atoms with van der Waals surface area (Å²) in [5.74, 6) is 0. The van der Waals surface area contributed by atoms with Crippen molar-refractivity contribution in [1.82, 2.24) is 5.32 Å². The molecule has 84 valence electrons. The zero-order valence-corrected chi connectivity index (χ0v) is 8.53. The van der Waals surface area contributed by atoms with E-state index in [1.165, 1.54) is 6.92 Å². The Morgan fingerprint density at radius 1 is 1.27 bits per heavy atom. The number of nitrogens with one attached hydrogen (secondary N) is 1. The normalized spacial score (nSPS) is 15.3. The smallest absolute Gasteiger partial charge is 0.253 e. The molecule has 0 saturated heterocycles. The highest BCUT2D eigenvalue weighted by molar-refractivity contribution is 5.17. The van der Waals surface area contributed by atoms with E-state index >= 15 is 0 Å². The lowest BCUT2D eigenvalue weighted by Crippen LogP contribution is -2.35. The lowest BCUT2D eigenvalue weighted by Gasteiger charge is -2.16. The molecule has 0 spiro atoms. The fourth-order valence-corrected chi connectivity index (χ4v) is 1.18. The highest BCUT2D eigenvalue weighted by Gasteiger charge is 2.15. The minimum atomic E-state index is -2.41. The van der Waals surface area contributed by atoms with Gasteiger partial charge in [-0.05, 0) is 12.5 Å². The van der Waals surface area contributed by atoms with E-state index in [2.05, 4.69) is 5.32 Å². The summed E-state index contributed by atoms with van der Waals surface area (Å²) in [6.45, 7) is 1.53. The maximum atomic E-state index is 12.1. The van der Waals surface area contributed by atoms with E-state index in [-0.39, 0.29) is 6.54 Å². The first-order valence-electron chi connectivity index (χ1n) is 4.86. The number of benzene rings is 1. The zero-order valence-electron chi connectivity index (χ0n) is 8.53. The predicted octanol–water partition coefficient (Wildman–Crippen LogP) is 1.96. The van der Waals surface area contributed by atoms with E-state index in [0.29, 0.717) is 0 Å². The third-order valence-corrected chi connectivity index (χ3v) is 2.20. The van der Waals surface area contributed by atoms with Crippen LogP contribution < -0.4 is 5.32 Å². The lowest BCUT2D eigenvalue weighted by molar-refractivity contribution is 0.0931. The topological polar surface area (TPSA) is 32.3 Å². The zero-order chi connectivity index (χ0) is 11.3. The van der Waals surface area contributed by atoms with Crippen LogP contribution in [0.2, 0.25) is 0 Å². The van der Waals surface area contributed by atoms with Gasteiger partial charge in [0.2, 0.25) is 0 Å². The number of aliphatic hydroxyl groups excluding tert-OH is 1. The molecule has 2 nitrogen and oxygen atoms in total. The highest BCUT2D eigenvalue weighted by Crippen LogP contribution is 2.11. The standard InChI is InChI=1S/C11H15F2NO/c1-8(11(12)13)14-7-10(15)9-5-3-2-4-6-9/h2-6,8,10-11,14-15H,7H2,1H3. The molecule has 0 bridgehead atoms. The van der Waals surface area contributed by atoms with Gasteiger partial charge in [-0.2, -0.15) is 0 Å². The van der Waals surface area contributed by atoms with Gasteiger partial charge in [-0.15, -0.1) is 0 Å². The molecular formula is C11H15F2NO. The van der Waals surface area contributed by atoms with Gasteiger partial charge in [-0.3, -0.25) is 0 Å². The van der Waals surface area contributed by atoms with Gasteiger partial charge in [0.15, 0.2) is 0 Å². The fourth-order valence-electron chi connectivity index (χ4n) is 1.18. The van der Waals surface area contributed by atoms with Crippen molar-refractivity contribution in [3.05, 3.63) is 35.9 Å². The molecule has 1 aromatic carbocycles. The third kappa shape index (κ3) is 3.93. The second kappa shape index (κ2) is 5.78. The Balaban J connectivity index is 2.40. The van der Waals surface area contributed by atoms with E-state index in [1.807, 2.05) is 6.07 Å². The van der Waals surface area contributed by atoms with Crippen molar-refractivity contribution >= 4 is 0 Å². The highest BCUT2D eigenvalue weighted by atomic mass is 19.3. The molecule has 0 aliphatic heterocycles. The van der Waals surface area contributed by atoms with E-state index in [0.717, 1.165) is 5.56 Å². The molecule has 0 radical (unpaired) electrons. The van der Waals surface area contributed by atoms with E-state index < -0.39 is 18.6 Å². The Bertz CT molecular complexity index is 279. The van der Waals surface area contributed by atoms with Crippen LogP contribution in [0.1, 0.15) is 18.6 Å². The molecule has 2 atom stereocenters. The molecule has 0 aromatic heterocycles. The molecule has 2 unspecified atom stereocenters. The summed E-state index contributed by atoms with van der Waals surface area (Å²) in [5.41, 5.74) is 0.728. The van der Waals surface area contributed by atoms with Crippen LogP contribution in [0.3, 0.4) is 0 Å².